The van der Waals surface area contributed by atoms with Gasteiger partial charge in [0, 0.05) is 61.6 Å². The molecule has 0 bridgehead atoms. The molecule has 4 aliphatic rings. The number of carbonyl (C=O) groups excluding carboxylic acids is 2. The normalized spacial score (nSPS) is 23.2. The second-order valence-corrected chi connectivity index (χ2v) is 14.9. The summed E-state index contributed by atoms with van der Waals surface area (Å²) in [6, 6.07) is 14.8. The van der Waals surface area contributed by atoms with E-state index in [1.807, 2.05) is 21.9 Å². The van der Waals surface area contributed by atoms with E-state index in [4.69, 9.17) is 0 Å². The lowest BCUT2D eigenvalue weighted by molar-refractivity contribution is 0.0785. The molecule has 1 aliphatic carbocycles. The third-order valence-electron chi connectivity index (χ3n) is 11.8. The fraction of sp³-hybridized carbons (Fsp3) is 0.538. The molecule has 11 nitrogen and oxygen atoms in total. The maximum Gasteiger partial charge on any atom is 0.253 e. The summed E-state index contributed by atoms with van der Waals surface area (Å²) in [4.78, 5) is 33.3. The van der Waals surface area contributed by atoms with E-state index in [9.17, 15) is 14.9 Å². The molecular formula is C39H49N9O2. The molecule has 4 heterocycles. The Kier molecular flexibility index (Phi) is 9.49. The van der Waals surface area contributed by atoms with Crippen molar-refractivity contribution in [3.8, 4) is 6.07 Å². The van der Waals surface area contributed by atoms with E-state index in [2.05, 4.69) is 88.5 Å². The van der Waals surface area contributed by atoms with Crippen LogP contribution in [0.1, 0.15) is 108 Å². The zero-order valence-corrected chi connectivity index (χ0v) is 29.6. The van der Waals surface area contributed by atoms with Crippen molar-refractivity contribution >= 4 is 11.8 Å². The minimum atomic E-state index is -0.822. The number of aryl methyl sites for hydroxylation is 2. The number of aromatic nitrogens is 4. The lowest BCUT2D eigenvalue weighted by atomic mass is 9.67. The molecule has 2 N–H and O–H groups in total. The number of H-pyrrole nitrogens is 1. The standard InChI is InChI=1S/C39H49N9O2/c1-25-19-33(23-40)48(28(25)4)27(3)24-41-26(2)22-39(38-42-44-45-43-38)34-13-11-31(36(49)46-15-5-6-16-46)20-29(34)9-10-30-21-32(12-14-35(30)39)37(50)47-17-7-8-18-47/h11-14,20-21,25-26,28,33,41H,3,5-10,15-19,22,24H2,1-2,4H3,(H,42,43,44,45)/t25-,26+,28?,33?/m0/s1. The predicted molar refractivity (Wildman–Crippen MR) is 190 cm³/mol. The van der Waals surface area contributed by atoms with Crippen molar-refractivity contribution in [1.29, 1.82) is 5.26 Å². The first-order valence-corrected chi connectivity index (χ1v) is 18.4. The van der Waals surface area contributed by atoms with E-state index < -0.39 is 5.41 Å². The van der Waals surface area contributed by atoms with Crippen LogP contribution >= 0.6 is 0 Å². The summed E-state index contributed by atoms with van der Waals surface area (Å²) in [7, 11) is 0. The molecule has 4 atom stereocenters. The van der Waals surface area contributed by atoms with Crippen LogP contribution in [-0.4, -0.2) is 98.0 Å². The van der Waals surface area contributed by atoms with Crippen molar-refractivity contribution in [2.75, 3.05) is 32.7 Å². The first kappa shape index (κ1) is 33.9. The Morgan fingerprint density at radius 1 is 0.980 bits per heavy atom. The van der Waals surface area contributed by atoms with Crippen LogP contribution < -0.4 is 5.32 Å². The average molecular weight is 676 g/mol. The van der Waals surface area contributed by atoms with E-state index in [-0.39, 0.29) is 29.9 Å². The van der Waals surface area contributed by atoms with E-state index in [0.29, 0.717) is 48.7 Å². The second kappa shape index (κ2) is 14.0. The maximum atomic E-state index is 13.6. The van der Waals surface area contributed by atoms with Gasteiger partial charge in [-0.05, 0) is 118 Å². The molecule has 0 saturated carbocycles. The Hall–Kier alpha value is -4.56. The Balaban J connectivity index is 1.28. The number of nitrogens with one attached hydrogen (secondary N) is 2. The van der Waals surface area contributed by atoms with Crippen LogP contribution in [0.25, 0.3) is 0 Å². The first-order valence-electron chi connectivity index (χ1n) is 18.4. The number of aromatic amines is 1. The van der Waals surface area contributed by atoms with Crippen molar-refractivity contribution in [2.24, 2.45) is 5.92 Å². The number of nitrogens with zero attached hydrogens (tertiary/aromatic N) is 7. The largest absolute Gasteiger partial charge is 0.355 e. The zero-order valence-electron chi connectivity index (χ0n) is 29.6. The van der Waals surface area contributed by atoms with Crippen LogP contribution in [0.2, 0.25) is 0 Å². The highest BCUT2D eigenvalue weighted by Crippen LogP contribution is 2.47. The molecule has 0 radical (unpaired) electrons. The molecule has 262 valence electrons. The van der Waals surface area contributed by atoms with Gasteiger partial charge in [-0.1, -0.05) is 30.8 Å². The average Bonchev–Trinajstić information content (AvgIpc) is 3.97. The van der Waals surface area contributed by atoms with Crippen LogP contribution in [0, 0.1) is 17.2 Å². The van der Waals surface area contributed by atoms with Crippen molar-refractivity contribution in [3.63, 3.8) is 0 Å². The molecule has 11 heteroatoms. The number of fused-ring (bicyclic) bond motifs is 2. The first-order chi connectivity index (χ1) is 24.2. The lowest BCUT2D eigenvalue weighted by Gasteiger charge is -2.37. The summed E-state index contributed by atoms with van der Waals surface area (Å²) in [5.74, 6) is 1.12. The monoisotopic (exact) mass is 675 g/mol. The summed E-state index contributed by atoms with van der Waals surface area (Å²) >= 11 is 0. The van der Waals surface area contributed by atoms with E-state index in [1.165, 1.54) is 0 Å². The van der Waals surface area contributed by atoms with Gasteiger partial charge in [0.15, 0.2) is 5.82 Å². The Bertz CT molecular complexity index is 1710. The van der Waals surface area contributed by atoms with Gasteiger partial charge in [0.05, 0.1) is 11.5 Å². The fourth-order valence-electron chi connectivity index (χ4n) is 8.97. The third-order valence-corrected chi connectivity index (χ3v) is 11.8. The molecule has 1 aromatic heterocycles. The molecular weight excluding hydrogens is 626 g/mol. The molecule has 2 amide bonds. The highest BCUT2D eigenvalue weighted by Gasteiger charge is 2.46. The van der Waals surface area contributed by atoms with Gasteiger partial charge in [-0.3, -0.25) is 9.59 Å². The van der Waals surface area contributed by atoms with Crippen molar-refractivity contribution in [3.05, 3.63) is 87.9 Å². The minimum Gasteiger partial charge on any atom is -0.355 e. The quantitative estimate of drug-likeness (QED) is 0.336. The highest BCUT2D eigenvalue weighted by molar-refractivity contribution is 5.95. The van der Waals surface area contributed by atoms with Gasteiger partial charge in [-0.2, -0.15) is 10.5 Å². The predicted octanol–water partition coefficient (Wildman–Crippen LogP) is 4.61. The Morgan fingerprint density at radius 2 is 1.54 bits per heavy atom. The van der Waals surface area contributed by atoms with Gasteiger partial charge >= 0.3 is 0 Å². The molecule has 2 aromatic carbocycles. The number of amides is 2. The number of tetrazole rings is 1. The van der Waals surface area contributed by atoms with Crippen molar-refractivity contribution in [2.45, 2.75) is 95.7 Å². The number of nitriles is 1. The van der Waals surface area contributed by atoms with Gasteiger partial charge in [0.25, 0.3) is 11.8 Å². The third kappa shape index (κ3) is 6.08. The second-order valence-electron chi connectivity index (χ2n) is 14.9. The number of carbonyl (C=O) groups is 2. The molecule has 3 saturated heterocycles. The Labute approximate surface area is 295 Å². The van der Waals surface area contributed by atoms with Crippen LogP contribution in [0.5, 0.6) is 0 Å². The van der Waals surface area contributed by atoms with Crippen LogP contribution in [-0.2, 0) is 18.3 Å². The van der Waals surface area contributed by atoms with E-state index >= 15 is 0 Å². The molecule has 3 aromatic rings. The summed E-state index contributed by atoms with van der Waals surface area (Å²) in [5.41, 5.74) is 5.75. The highest BCUT2D eigenvalue weighted by atomic mass is 16.2. The lowest BCUT2D eigenvalue weighted by Crippen LogP contribution is -2.43. The fourth-order valence-corrected chi connectivity index (χ4v) is 8.97. The van der Waals surface area contributed by atoms with Crippen LogP contribution in [0.15, 0.2) is 48.7 Å². The smallest absolute Gasteiger partial charge is 0.253 e. The topological polar surface area (TPSA) is 134 Å². The molecule has 50 heavy (non-hydrogen) atoms. The zero-order chi connectivity index (χ0) is 35.0. The molecule has 0 spiro atoms. The van der Waals surface area contributed by atoms with Gasteiger partial charge in [-0.15, -0.1) is 10.2 Å². The molecule has 3 fully saturated rings. The molecule has 2 unspecified atom stereocenters. The van der Waals surface area contributed by atoms with E-state index in [1.54, 1.807) is 0 Å². The number of hydrogen-bond acceptors (Lipinski definition) is 8. The Morgan fingerprint density at radius 3 is 2.04 bits per heavy atom. The number of benzene rings is 2. The van der Waals surface area contributed by atoms with Gasteiger partial charge in [0.1, 0.15) is 6.04 Å². The van der Waals surface area contributed by atoms with Gasteiger partial charge in [-0.25, -0.2) is 0 Å². The van der Waals surface area contributed by atoms with Crippen LogP contribution in [0.3, 0.4) is 0 Å². The maximum absolute atomic E-state index is 13.6. The molecule has 3 aliphatic heterocycles. The van der Waals surface area contributed by atoms with Crippen LogP contribution in [0.4, 0.5) is 0 Å². The number of hydrogen-bond donors (Lipinski definition) is 2. The number of rotatable bonds is 9. The van der Waals surface area contributed by atoms with Crippen molar-refractivity contribution < 1.29 is 9.59 Å². The SMILES string of the molecule is C=C(CN[C@H](C)CC1(c2nn[nH]n2)c2ccc(C(=O)N3CCCC3)cc2CCc2cc(C(=O)N3CCCC3)ccc21)N1C(C#N)C[C@H](C)C1C. The summed E-state index contributed by atoms with van der Waals surface area (Å²) in [6.45, 7) is 14.6. The molecule has 7 rings (SSSR count). The van der Waals surface area contributed by atoms with Crippen molar-refractivity contribution in [1.82, 2.24) is 40.6 Å². The summed E-state index contributed by atoms with van der Waals surface area (Å²) in [5, 5.41) is 29.7. The van der Waals surface area contributed by atoms with Gasteiger partial charge < -0.3 is 20.0 Å². The van der Waals surface area contributed by atoms with Gasteiger partial charge in [0.2, 0.25) is 0 Å². The summed E-state index contributed by atoms with van der Waals surface area (Å²) < 4.78 is 0. The van der Waals surface area contributed by atoms with E-state index in [0.717, 1.165) is 86.2 Å². The summed E-state index contributed by atoms with van der Waals surface area (Å²) in [6.07, 6.45) is 7.00. The minimum absolute atomic E-state index is 0.0447. The number of likely N-dealkylation sites (tertiary alicyclic amines) is 3.